The Kier molecular flexibility index (Phi) is 11.7. The Morgan fingerprint density at radius 3 is 2.11 bits per heavy atom. The number of ether oxygens (including phenoxy) is 3. The minimum atomic E-state index is -3.58. The van der Waals surface area contributed by atoms with Crippen LogP contribution in [0.2, 0.25) is 0 Å². The first-order valence-electron chi connectivity index (χ1n) is 16.8. The van der Waals surface area contributed by atoms with Crippen molar-refractivity contribution in [1.29, 1.82) is 0 Å². The van der Waals surface area contributed by atoms with Gasteiger partial charge in [-0.2, -0.15) is 9.97 Å². The number of fused-ring (bicyclic) bond motifs is 1. The number of imidazole rings is 1. The van der Waals surface area contributed by atoms with E-state index in [1.54, 1.807) is 98.8 Å². The number of nitrogens with zero attached hydrogens (tertiary/aromatic N) is 5. The lowest BCUT2D eigenvalue weighted by Gasteiger charge is -2.22. The third-order valence-electron chi connectivity index (χ3n) is 7.81. The molecule has 2 amide bonds. The molecule has 1 aliphatic rings. The van der Waals surface area contributed by atoms with E-state index in [4.69, 9.17) is 23.3 Å². The Hall–Kier alpha value is -5.73. The van der Waals surface area contributed by atoms with E-state index in [1.807, 2.05) is 12.1 Å². The van der Waals surface area contributed by atoms with Crippen molar-refractivity contribution in [2.75, 3.05) is 23.4 Å². The van der Waals surface area contributed by atoms with E-state index in [0.717, 1.165) is 0 Å². The summed E-state index contributed by atoms with van der Waals surface area (Å²) < 4.78 is 43.7. The lowest BCUT2D eigenvalue weighted by atomic mass is 10.2. The summed E-state index contributed by atoms with van der Waals surface area (Å²) in [5.74, 6) is -0.177. The Labute approximate surface area is 305 Å². The zero-order valence-electron chi connectivity index (χ0n) is 29.1. The minimum Gasteiger partial charge on any atom is -0.454 e. The molecule has 0 spiro atoms. The smallest absolute Gasteiger partial charge is 0.425 e. The van der Waals surface area contributed by atoms with Crippen molar-refractivity contribution >= 4 is 54.1 Å². The number of esters is 1. The van der Waals surface area contributed by atoms with Crippen LogP contribution in [0.5, 0.6) is 5.88 Å². The van der Waals surface area contributed by atoms with Crippen molar-refractivity contribution in [3.63, 3.8) is 0 Å². The topological polar surface area (TPSA) is 173 Å². The largest absolute Gasteiger partial charge is 0.454 e. The van der Waals surface area contributed by atoms with E-state index in [0.29, 0.717) is 16.9 Å². The Bertz CT molecular complexity index is 2080. The van der Waals surface area contributed by atoms with Crippen LogP contribution in [0.25, 0.3) is 11.2 Å². The van der Waals surface area contributed by atoms with E-state index in [-0.39, 0.29) is 42.6 Å². The van der Waals surface area contributed by atoms with Crippen molar-refractivity contribution in [3.05, 3.63) is 115 Å². The summed E-state index contributed by atoms with van der Waals surface area (Å²) in [5.41, 5.74) is 1.54. The molecule has 274 valence electrons. The molecular formula is C37H37N6O9P. The van der Waals surface area contributed by atoms with Crippen LogP contribution in [0.3, 0.4) is 0 Å². The van der Waals surface area contributed by atoms with E-state index < -0.39 is 44.0 Å². The van der Waals surface area contributed by atoms with Crippen LogP contribution >= 0.6 is 7.60 Å². The molecule has 0 aliphatic carbocycles. The van der Waals surface area contributed by atoms with Crippen molar-refractivity contribution in [2.45, 2.75) is 45.6 Å². The Balaban J connectivity index is 1.38. The summed E-state index contributed by atoms with van der Waals surface area (Å²) in [6.45, 7) is 5.00. The van der Waals surface area contributed by atoms with E-state index in [1.165, 1.54) is 28.5 Å². The number of hydrogen-bond acceptors (Lipinski definition) is 12. The highest BCUT2D eigenvalue weighted by atomic mass is 31.2. The maximum absolute atomic E-state index is 13.9. The van der Waals surface area contributed by atoms with Gasteiger partial charge in [0.25, 0.3) is 5.88 Å². The number of nitrogens with one attached hydrogen (secondary N) is 1. The average Bonchev–Trinajstić information content (AvgIpc) is 3.76. The number of amides is 2. The van der Waals surface area contributed by atoms with Gasteiger partial charge in [-0.25, -0.2) is 19.5 Å². The van der Waals surface area contributed by atoms with Gasteiger partial charge in [0.2, 0.25) is 11.9 Å². The molecule has 1 N–H and O–H groups in total. The van der Waals surface area contributed by atoms with Gasteiger partial charge in [0.1, 0.15) is 0 Å². The summed E-state index contributed by atoms with van der Waals surface area (Å²) in [6, 6.07) is 26.3. The van der Waals surface area contributed by atoms with Crippen LogP contribution in [0, 0.1) is 0 Å². The highest BCUT2D eigenvalue weighted by Gasteiger charge is 2.40. The molecule has 3 aromatic carbocycles. The van der Waals surface area contributed by atoms with Crippen molar-refractivity contribution < 1.29 is 42.2 Å². The van der Waals surface area contributed by atoms with Gasteiger partial charge in [0.05, 0.1) is 42.6 Å². The fourth-order valence-corrected chi connectivity index (χ4v) is 6.98. The van der Waals surface area contributed by atoms with E-state index >= 15 is 0 Å². The average molecular weight is 741 g/mol. The number of carbonyl (C=O) groups is 3. The number of para-hydroxylation sites is 2. The molecule has 1 aliphatic heterocycles. The first kappa shape index (κ1) is 37.0. The van der Waals surface area contributed by atoms with Gasteiger partial charge in [-0.15, -0.1) is 0 Å². The third-order valence-corrected chi connectivity index (χ3v) is 9.59. The molecule has 3 unspecified atom stereocenters. The van der Waals surface area contributed by atoms with Gasteiger partial charge < -0.3 is 23.3 Å². The summed E-state index contributed by atoms with van der Waals surface area (Å²) in [7, 11) is -3.58. The lowest BCUT2D eigenvalue weighted by molar-refractivity contribution is -0.114. The Morgan fingerprint density at radius 1 is 0.925 bits per heavy atom. The Morgan fingerprint density at radius 2 is 1.53 bits per heavy atom. The maximum atomic E-state index is 13.9. The first-order valence-corrected chi connectivity index (χ1v) is 18.4. The second-order valence-corrected chi connectivity index (χ2v) is 13.5. The normalized spacial score (nSPS) is 17.2. The molecule has 5 aromatic rings. The molecule has 3 atom stereocenters. The number of carbonyl (C=O) groups excluding carboxylic acids is 3. The SMILES string of the molecule is CCOP(=O)(C=CC1CC(OC(=O)c2ccccc2)C(n2cnc3c(OC(=O)N(c4ccccc4)c4ccccc4)nc(NC(C)=O)nc32)O1)OCC. The number of aromatic nitrogens is 4. The molecule has 15 nitrogen and oxygen atoms in total. The first-order chi connectivity index (χ1) is 25.7. The van der Waals surface area contributed by atoms with Crippen LogP contribution in [0.4, 0.5) is 22.1 Å². The molecule has 1 fully saturated rings. The predicted octanol–water partition coefficient (Wildman–Crippen LogP) is 7.41. The number of benzene rings is 3. The van der Waals surface area contributed by atoms with Crippen molar-refractivity contribution in [1.82, 2.24) is 19.5 Å². The number of anilines is 3. The quantitative estimate of drug-likeness (QED) is 0.0937. The van der Waals surface area contributed by atoms with E-state index in [9.17, 15) is 18.9 Å². The summed E-state index contributed by atoms with van der Waals surface area (Å²) in [6.07, 6.45) is -0.408. The number of hydrogen-bond donors (Lipinski definition) is 1. The molecule has 16 heteroatoms. The summed E-state index contributed by atoms with van der Waals surface area (Å²) >= 11 is 0. The second kappa shape index (κ2) is 16.7. The fourth-order valence-electron chi connectivity index (χ4n) is 5.61. The number of rotatable bonds is 13. The van der Waals surface area contributed by atoms with Crippen LogP contribution in [0.1, 0.15) is 43.8 Å². The van der Waals surface area contributed by atoms with Crippen molar-refractivity contribution in [3.8, 4) is 5.88 Å². The monoisotopic (exact) mass is 740 g/mol. The van der Waals surface area contributed by atoms with Gasteiger partial charge in [0.15, 0.2) is 23.5 Å². The third kappa shape index (κ3) is 8.84. The van der Waals surface area contributed by atoms with Gasteiger partial charge in [-0.3, -0.25) is 19.2 Å². The second-order valence-electron chi connectivity index (χ2n) is 11.6. The highest BCUT2D eigenvalue weighted by molar-refractivity contribution is 7.57. The molecule has 6 rings (SSSR count). The van der Waals surface area contributed by atoms with Gasteiger partial charge in [-0.1, -0.05) is 54.6 Å². The van der Waals surface area contributed by atoms with Gasteiger partial charge in [-0.05, 0) is 56.3 Å². The van der Waals surface area contributed by atoms with Crippen LogP contribution in [0.15, 0.2) is 109 Å². The van der Waals surface area contributed by atoms with Crippen LogP contribution < -0.4 is 15.0 Å². The predicted molar refractivity (Wildman–Crippen MR) is 195 cm³/mol. The lowest BCUT2D eigenvalue weighted by Crippen LogP contribution is -2.29. The van der Waals surface area contributed by atoms with Crippen molar-refractivity contribution in [2.24, 2.45) is 0 Å². The minimum absolute atomic E-state index is 0.0569. The molecule has 0 radical (unpaired) electrons. The van der Waals surface area contributed by atoms with Gasteiger partial charge >= 0.3 is 19.7 Å². The fraction of sp³-hybridized carbons (Fsp3) is 0.243. The molecule has 53 heavy (non-hydrogen) atoms. The zero-order valence-corrected chi connectivity index (χ0v) is 30.0. The summed E-state index contributed by atoms with van der Waals surface area (Å²) in [4.78, 5) is 54.1. The van der Waals surface area contributed by atoms with E-state index in [2.05, 4.69) is 20.3 Å². The zero-order chi connectivity index (χ0) is 37.4. The molecule has 2 aromatic heterocycles. The summed E-state index contributed by atoms with van der Waals surface area (Å²) in [5, 5.41) is 2.54. The maximum Gasteiger partial charge on any atom is 0.425 e. The molecule has 1 saturated heterocycles. The standard InChI is InChI=1S/C37H37N6O9P/c1-4-48-53(47,49-5-2)22-21-29-23-30(51-35(45)26-15-9-6-10-16-26)34(50-29)42-24-38-31-32(42)40-36(39-25(3)44)41-33(31)52-37(46)43(27-17-11-7-12-18-27)28-19-13-8-14-20-28/h6-22,24,29-30,34H,4-5,23H2,1-3H3,(H,39,40,41,44). The van der Waals surface area contributed by atoms with Crippen LogP contribution in [-0.2, 0) is 27.9 Å². The molecule has 0 saturated carbocycles. The highest BCUT2D eigenvalue weighted by Crippen LogP contribution is 2.50. The molecule has 0 bridgehead atoms. The van der Waals surface area contributed by atoms with Gasteiger partial charge in [0, 0.05) is 19.2 Å². The molecule has 3 heterocycles. The molecular weight excluding hydrogens is 703 g/mol. The van der Waals surface area contributed by atoms with Crippen LogP contribution in [-0.4, -0.2) is 62.9 Å².